The summed E-state index contributed by atoms with van der Waals surface area (Å²) in [5, 5.41) is 0. The van der Waals surface area contributed by atoms with Gasteiger partial charge in [-0.15, -0.1) is 0 Å². The Balaban J connectivity index is 2.79. The number of alkyl halides is 3. The fraction of sp³-hybridized carbons (Fsp3) is 0.364. The maximum absolute atomic E-state index is 13.3. The summed E-state index contributed by atoms with van der Waals surface area (Å²) in [7, 11) is -4.05. The van der Waals surface area contributed by atoms with Crippen molar-refractivity contribution >= 4 is 27.2 Å². The molecule has 0 aliphatic carbocycles. The maximum Gasteiger partial charge on any atom is 0.389 e. The molecule has 118 valence electrons. The molecule has 0 aromatic heterocycles. The molecule has 0 amide bonds. The first-order valence-electron chi connectivity index (χ1n) is 5.69. The van der Waals surface area contributed by atoms with E-state index in [1.807, 2.05) is 4.72 Å². The summed E-state index contributed by atoms with van der Waals surface area (Å²) in [5.41, 5.74) is 5.00. The molecule has 3 N–H and O–H groups in total. The lowest BCUT2D eigenvalue weighted by Crippen LogP contribution is -2.26. The van der Waals surface area contributed by atoms with Crippen LogP contribution in [0.15, 0.2) is 23.1 Å². The van der Waals surface area contributed by atoms with E-state index in [-0.39, 0.29) is 22.0 Å². The summed E-state index contributed by atoms with van der Waals surface area (Å²) in [6.45, 7) is -0.387. The van der Waals surface area contributed by atoms with E-state index in [2.05, 4.69) is 12.2 Å². The molecule has 1 aromatic carbocycles. The third kappa shape index (κ3) is 5.56. The first-order chi connectivity index (χ1) is 9.53. The van der Waals surface area contributed by atoms with E-state index in [4.69, 9.17) is 5.73 Å². The Morgan fingerprint density at radius 1 is 1.33 bits per heavy atom. The number of nitrogens with two attached hydrogens (primary N) is 1. The molecule has 0 saturated carbocycles. The van der Waals surface area contributed by atoms with Crippen LogP contribution in [-0.4, -0.2) is 26.1 Å². The molecular formula is C11H12F4N2O2S2. The molecule has 21 heavy (non-hydrogen) atoms. The standard InChI is InChI=1S/C11H12F4N2O2S2/c12-9-3-2-7(6-8(9)10(16)20)21(18,19)17-5-1-4-11(13,14)15/h2-3,6,17H,1,4-5H2,(H2,16,20). The SMILES string of the molecule is NC(=S)c1cc(S(=O)(=O)NCCCC(F)(F)F)ccc1F. The average Bonchev–Trinajstić information content (AvgIpc) is 2.33. The zero-order chi connectivity index (χ0) is 16.3. The molecule has 0 atom stereocenters. The van der Waals surface area contributed by atoms with Crippen LogP contribution >= 0.6 is 12.2 Å². The minimum atomic E-state index is -4.35. The van der Waals surface area contributed by atoms with Gasteiger partial charge in [0, 0.05) is 18.5 Å². The second-order valence-electron chi connectivity index (χ2n) is 4.12. The van der Waals surface area contributed by atoms with Gasteiger partial charge >= 0.3 is 6.18 Å². The number of thiocarbonyl (C=S) groups is 1. The fourth-order valence-electron chi connectivity index (χ4n) is 1.44. The Kier molecular flexibility index (Phi) is 5.65. The fourth-order valence-corrected chi connectivity index (χ4v) is 2.70. The Morgan fingerprint density at radius 3 is 2.48 bits per heavy atom. The first-order valence-corrected chi connectivity index (χ1v) is 7.58. The van der Waals surface area contributed by atoms with Crippen molar-refractivity contribution in [2.75, 3.05) is 6.54 Å². The van der Waals surface area contributed by atoms with Crippen LogP contribution in [0.25, 0.3) is 0 Å². The number of rotatable bonds is 6. The van der Waals surface area contributed by atoms with E-state index in [9.17, 15) is 26.0 Å². The molecule has 0 heterocycles. The van der Waals surface area contributed by atoms with E-state index in [0.29, 0.717) is 0 Å². The largest absolute Gasteiger partial charge is 0.389 e. The monoisotopic (exact) mass is 344 g/mol. The molecule has 1 rings (SSSR count). The van der Waals surface area contributed by atoms with Crippen molar-refractivity contribution in [3.8, 4) is 0 Å². The highest BCUT2D eigenvalue weighted by molar-refractivity contribution is 7.89. The van der Waals surface area contributed by atoms with Crippen LogP contribution in [-0.2, 0) is 10.0 Å². The van der Waals surface area contributed by atoms with Gasteiger partial charge in [0.2, 0.25) is 10.0 Å². The van der Waals surface area contributed by atoms with Gasteiger partial charge in [-0.3, -0.25) is 0 Å². The second kappa shape index (κ2) is 6.67. The van der Waals surface area contributed by atoms with Crippen LogP contribution in [0.2, 0.25) is 0 Å². The molecule has 0 aliphatic heterocycles. The van der Waals surface area contributed by atoms with Gasteiger partial charge in [0.05, 0.1) is 4.90 Å². The van der Waals surface area contributed by atoms with E-state index in [0.717, 1.165) is 18.2 Å². The second-order valence-corrected chi connectivity index (χ2v) is 6.33. The zero-order valence-electron chi connectivity index (χ0n) is 10.6. The quantitative estimate of drug-likeness (QED) is 0.471. The maximum atomic E-state index is 13.3. The molecular weight excluding hydrogens is 332 g/mol. The molecule has 0 unspecified atom stereocenters. The average molecular weight is 344 g/mol. The third-order valence-corrected chi connectivity index (χ3v) is 4.12. The van der Waals surface area contributed by atoms with Crippen molar-refractivity contribution in [2.24, 2.45) is 5.73 Å². The lowest BCUT2D eigenvalue weighted by molar-refractivity contribution is -0.135. The molecule has 1 aromatic rings. The normalized spacial score (nSPS) is 12.4. The summed E-state index contributed by atoms with van der Waals surface area (Å²) >= 11 is 4.58. The predicted octanol–water partition coefficient (Wildman–Crippen LogP) is 2.08. The summed E-state index contributed by atoms with van der Waals surface area (Å²) in [6.07, 6.45) is -5.84. The van der Waals surface area contributed by atoms with Gasteiger partial charge in [0.15, 0.2) is 0 Å². The summed E-state index contributed by atoms with van der Waals surface area (Å²) in [4.78, 5) is -0.639. The Hall–Kier alpha value is -1.26. The van der Waals surface area contributed by atoms with Gasteiger partial charge < -0.3 is 5.73 Å². The number of sulfonamides is 1. The summed E-state index contributed by atoms with van der Waals surface area (Å²) in [5.74, 6) is -0.779. The van der Waals surface area contributed by atoms with Crippen molar-refractivity contribution < 1.29 is 26.0 Å². The molecule has 0 aliphatic rings. The number of halogens is 4. The minimum Gasteiger partial charge on any atom is -0.389 e. The van der Waals surface area contributed by atoms with Crippen molar-refractivity contribution in [3.05, 3.63) is 29.6 Å². The summed E-state index contributed by atoms with van der Waals surface area (Å²) < 4.78 is 74.8. The minimum absolute atomic E-state index is 0.247. The molecule has 0 fully saturated rings. The van der Waals surface area contributed by atoms with Gasteiger partial charge in [-0.05, 0) is 24.6 Å². The lowest BCUT2D eigenvalue weighted by atomic mass is 10.2. The highest BCUT2D eigenvalue weighted by Crippen LogP contribution is 2.21. The smallest absolute Gasteiger partial charge is 0.389 e. The van der Waals surface area contributed by atoms with Crippen molar-refractivity contribution in [1.29, 1.82) is 0 Å². The van der Waals surface area contributed by atoms with Crippen LogP contribution in [0, 0.1) is 5.82 Å². The molecule has 0 radical (unpaired) electrons. The molecule has 10 heteroatoms. The zero-order valence-corrected chi connectivity index (χ0v) is 12.2. The van der Waals surface area contributed by atoms with Crippen molar-refractivity contribution in [1.82, 2.24) is 4.72 Å². The summed E-state index contributed by atoms with van der Waals surface area (Å²) in [6, 6.07) is 2.78. The van der Waals surface area contributed by atoms with Crippen LogP contribution in [0.4, 0.5) is 17.6 Å². The first kappa shape index (κ1) is 17.8. The van der Waals surface area contributed by atoms with E-state index in [1.54, 1.807) is 0 Å². The van der Waals surface area contributed by atoms with Gasteiger partial charge in [-0.2, -0.15) is 13.2 Å². The predicted molar refractivity (Wildman–Crippen MR) is 72.8 cm³/mol. The van der Waals surface area contributed by atoms with Gasteiger partial charge in [0.1, 0.15) is 10.8 Å². The van der Waals surface area contributed by atoms with Crippen LogP contribution in [0.3, 0.4) is 0 Å². The van der Waals surface area contributed by atoms with Crippen molar-refractivity contribution in [3.63, 3.8) is 0 Å². The number of hydrogen-bond acceptors (Lipinski definition) is 3. The third-order valence-electron chi connectivity index (χ3n) is 2.44. The van der Waals surface area contributed by atoms with Crippen LogP contribution < -0.4 is 10.5 Å². The van der Waals surface area contributed by atoms with Crippen LogP contribution in [0.5, 0.6) is 0 Å². The van der Waals surface area contributed by atoms with E-state index in [1.165, 1.54) is 0 Å². The number of nitrogens with one attached hydrogen (secondary N) is 1. The van der Waals surface area contributed by atoms with Crippen LogP contribution in [0.1, 0.15) is 18.4 Å². The molecule has 0 spiro atoms. The van der Waals surface area contributed by atoms with E-state index < -0.39 is 34.9 Å². The lowest BCUT2D eigenvalue weighted by Gasteiger charge is -2.09. The number of hydrogen-bond donors (Lipinski definition) is 2. The van der Waals surface area contributed by atoms with E-state index >= 15 is 0 Å². The van der Waals surface area contributed by atoms with Gasteiger partial charge in [0.25, 0.3) is 0 Å². The molecule has 0 saturated heterocycles. The topological polar surface area (TPSA) is 72.2 Å². The Bertz CT molecular complexity index is 630. The Labute approximate surface area is 124 Å². The van der Waals surface area contributed by atoms with Gasteiger partial charge in [-0.25, -0.2) is 17.5 Å². The highest BCUT2D eigenvalue weighted by atomic mass is 32.2. The van der Waals surface area contributed by atoms with Crippen molar-refractivity contribution in [2.45, 2.75) is 23.9 Å². The molecule has 4 nitrogen and oxygen atoms in total. The Morgan fingerprint density at radius 2 is 1.95 bits per heavy atom. The highest BCUT2D eigenvalue weighted by Gasteiger charge is 2.26. The van der Waals surface area contributed by atoms with Gasteiger partial charge in [-0.1, -0.05) is 12.2 Å². The molecule has 0 bridgehead atoms. The number of benzene rings is 1.